The number of rotatable bonds is 7. The van der Waals surface area contributed by atoms with E-state index < -0.39 is 27.5 Å². The van der Waals surface area contributed by atoms with Crippen molar-refractivity contribution in [2.24, 2.45) is 4.36 Å². The Labute approximate surface area is 213 Å². The molecule has 1 N–H and O–H groups in total. The molecule has 7 nitrogen and oxygen atoms in total. The Morgan fingerprint density at radius 2 is 1.95 bits per heavy atom. The molecule has 1 aliphatic carbocycles. The topological polar surface area (TPSA) is 104 Å². The van der Waals surface area contributed by atoms with Gasteiger partial charge < -0.3 is 9.88 Å². The van der Waals surface area contributed by atoms with Crippen molar-refractivity contribution in [3.8, 4) is 17.3 Å². The number of nitriles is 1. The standard InChI is InChI=1S/C27H26F2N4O3S/c1-17-24(19-5-3-6-20(13-19)26(28)29)25(34)23(15-33(17)21-7-4-8-21)27(35)31-14-18-9-11-22(12-10-18)37(2,36)32-16-30/h3,5-6,9-13,15,21,26H,4,7-8,14H2,1-2H3,(H,31,35). The predicted octanol–water partition coefficient (Wildman–Crippen LogP) is 5.35. The van der Waals surface area contributed by atoms with Gasteiger partial charge in [0.15, 0.2) is 0 Å². The lowest BCUT2D eigenvalue weighted by Gasteiger charge is -2.31. The number of hydrogen-bond donors (Lipinski definition) is 1. The number of nitrogens with one attached hydrogen (secondary N) is 1. The molecule has 1 fully saturated rings. The van der Waals surface area contributed by atoms with Crippen molar-refractivity contribution in [3.63, 3.8) is 0 Å². The van der Waals surface area contributed by atoms with Crippen molar-refractivity contribution < 1.29 is 17.8 Å². The SMILES string of the molecule is Cc1c(-c2cccc(C(F)F)c2)c(=O)c(C(=O)NCc2ccc(S(C)(=O)=NC#N)cc2)cn1C1CCC1. The Kier molecular flexibility index (Phi) is 7.55. The average Bonchev–Trinajstić information content (AvgIpc) is 2.83. The third-order valence-corrected chi connectivity index (χ3v) is 8.23. The number of pyridine rings is 1. The van der Waals surface area contributed by atoms with E-state index in [9.17, 15) is 22.6 Å². The molecular weight excluding hydrogens is 498 g/mol. The van der Waals surface area contributed by atoms with Crippen LogP contribution in [0, 0.1) is 18.4 Å². The Morgan fingerprint density at radius 3 is 2.54 bits per heavy atom. The summed E-state index contributed by atoms with van der Waals surface area (Å²) >= 11 is 0. The van der Waals surface area contributed by atoms with Crippen LogP contribution >= 0.6 is 0 Å². The molecule has 0 aliphatic heterocycles. The number of carbonyl (C=O) groups excluding carboxylic acids is 1. The van der Waals surface area contributed by atoms with E-state index in [0.29, 0.717) is 21.7 Å². The van der Waals surface area contributed by atoms with Gasteiger partial charge in [0.05, 0.1) is 9.73 Å². The zero-order valence-electron chi connectivity index (χ0n) is 20.4. The molecule has 192 valence electrons. The highest BCUT2D eigenvalue weighted by Crippen LogP contribution is 2.35. The van der Waals surface area contributed by atoms with E-state index in [2.05, 4.69) is 9.68 Å². The summed E-state index contributed by atoms with van der Waals surface area (Å²) in [6.45, 7) is 1.88. The average molecular weight is 525 g/mol. The number of alkyl halides is 2. The first-order valence-corrected chi connectivity index (χ1v) is 13.7. The predicted molar refractivity (Wildman–Crippen MR) is 137 cm³/mol. The van der Waals surface area contributed by atoms with Gasteiger partial charge in [0.2, 0.25) is 11.6 Å². The second kappa shape index (κ2) is 10.6. The van der Waals surface area contributed by atoms with Crippen molar-refractivity contribution in [2.45, 2.75) is 50.1 Å². The highest BCUT2D eigenvalue weighted by molar-refractivity contribution is 7.93. The molecule has 0 bridgehead atoms. The molecule has 10 heteroatoms. The minimum absolute atomic E-state index is 0.0593. The fourth-order valence-corrected chi connectivity index (χ4v) is 5.27. The van der Waals surface area contributed by atoms with Gasteiger partial charge >= 0.3 is 0 Å². The number of hydrogen-bond acceptors (Lipinski definition) is 5. The molecule has 4 rings (SSSR count). The molecule has 0 saturated heterocycles. The second-order valence-electron chi connectivity index (χ2n) is 9.07. The molecule has 0 spiro atoms. The van der Waals surface area contributed by atoms with Crippen LogP contribution < -0.4 is 10.7 Å². The van der Waals surface area contributed by atoms with Crippen LogP contribution in [0.4, 0.5) is 8.78 Å². The monoisotopic (exact) mass is 524 g/mol. The van der Waals surface area contributed by atoms with Crippen molar-refractivity contribution in [1.29, 1.82) is 5.26 Å². The number of halogens is 2. The molecular formula is C27H26F2N4O3S. The Balaban J connectivity index is 1.66. The minimum atomic E-state index is -2.83. The maximum Gasteiger partial charge on any atom is 0.263 e. The molecule has 1 amide bonds. The second-order valence-corrected chi connectivity index (χ2v) is 11.3. The minimum Gasteiger partial charge on any atom is -0.348 e. The highest BCUT2D eigenvalue weighted by atomic mass is 32.2. The summed E-state index contributed by atoms with van der Waals surface area (Å²) in [5.41, 5.74) is 1.16. The molecule has 1 aromatic heterocycles. The van der Waals surface area contributed by atoms with Crippen molar-refractivity contribution in [2.75, 3.05) is 6.26 Å². The van der Waals surface area contributed by atoms with Gasteiger partial charge in [-0.05, 0) is 55.5 Å². The van der Waals surface area contributed by atoms with Crippen LogP contribution in [-0.2, 0) is 16.3 Å². The number of amides is 1. The third kappa shape index (κ3) is 5.47. The normalized spacial score (nSPS) is 14.9. The summed E-state index contributed by atoms with van der Waals surface area (Å²) in [7, 11) is -2.83. The zero-order valence-corrected chi connectivity index (χ0v) is 21.2. The third-order valence-electron chi connectivity index (χ3n) is 6.66. The molecule has 1 aliphatic rings. The maximum absolute atomic E-state index is 13.5. The summed E-state index contributed by atoms with van der Waals surface area (Å²) in [4.78, 5) is 27.0. The highest BCUT2D eigenvalue weighted by Gasteiger charge is 2.26. The zero-order chi connectivity index (χ0) is 26.7. The molecule has 0 radical (unpaired) electrons. The van der Waals surface area contributed by atoms with Gasteiger partial charge in [-0.3, -0.25) is 9.59 Å². The van der Waals surface area contributed by atoms with Gasteiger partial charge in [-0.15, -0.1) is 4.36 Å². The van der Waals surface area contributed by atoms with Crippen LogP contribution in [0.2, 0.25) is 0 Å². The van der Waals surface area contributed by atoms with Gasteiger partial charge in [0.25, 0.3) is 12.3 Å². The Hall–Kier alpha value is -3.84. The van der Waals surface area contributed by atoms with Gasteiger partial charge in [-0.2, -0.15) is 5.26 Å². The summed E-state index contributed by atoms with van der Waals surface area (Å²) in [6, 6.07) is 12.3. The summed E-state index contributed by atoms with van der Waals surface area (Å²) < 4.78 is 44.5. The smallest absolute Gasteiger partial charge is 0.263 e. The first-order chi connectivity index (χ1) is 17.6. The lowest BCUT2D eigenvalue weighted by atomic mass is 9.91. The first kappa shape index (κ1) is 26.2. The fourth-order valence-electron chi connectivity index (χ4n) is 4.37. The van der Waals surface area contributed by atoms with Crippen LogP contribution in [-0.4, -0.2) is 20.9 Å². The quantitative estimate of drug-likeness (QED) is 0.421. The van der Waals surface area contributed by atoms with Gasteiger partial charge in [-0.1, -0.05) is 30.3 Å². The van der Waals surface area contributed by atoms with E-state index in [1.54, 1.807) is 49.6 Å². The van der Waals surface area contributed by atoms with Crippen molar-refractivity contribution in [3.05, 3.63) is 87.3 Å². The first-order valence-electron chi connectivity index (χ1n) is 11.7. The van der Waals surface area contributed by atoms with E-state index in [0.717, 1.165) is 19.3 Å². The van der Waals surface area contributed by atoms with Crippen LogP contribution in [0.3, 0.4) is 0 Å². The molecule has 37 heavy (non-hydrogen) atoms. The summed E-state index contributed by atoms with van der Waals surface area (Å²) in [5.74, 6) is -0.577. The lowest BCUT2D eigenvalue weighted by Crippen LogP contribution is -2.32. The molecule has 1 saturated carbocycles. The van der Waals surface area contributed by atoms with Crippen LogP contribution in [0.5, 0.6) is 0 Å². The van der Waals surface area contributed by atoms with E-state index in [-0.39, 0.29) is 29.3 Å². The largest absolute Gasteiger partial charge is 0.348 e. The Morgan fingerprint density at radius 1 is 1.24 bits per heavy atom. The number of carbonyl (C=O) groups is 1. The molecule has 1 heterocycles. The van der Waals surface area contributed by atoms with E-state index >= 15 is 0 Å². The fraction of sp³-hybridized carbons (Fsp3) is 0.296. The van der Waals surface area contributed by atoms with Crippen LogP contribution in [0.1, 0.15) is 58.9 Å². The maximum atomic E-state index is 13.5. The van der Waals surface area contributed by atoms with Crippen molar-refractivity contribution >= 4 is 15.6 Å². The van der Waals surface area contributed by atoms with Crippen molar-refractivity contribution in [1.82, 2.24) is 9.88 Å². The number of nitrogens with zero attached hydrogens (tertiary/aromatic N) is 3. The number of aromatic nitrogens is 1. The van der Waals surface area contributed by atoms with Crippen LogP contribution in [0.25, 0.3) is 11.1 Å². The summed E-state index contributed by atoms with van der Waals surface area (Å²) in [6.07, 6.45) is 4.67. The van der Waals surface area contributed by atoms with Gasteiger partial charge in [-0.25, -0.2) is 13.0 Å². The van der Waals surface area contributed by atoms with Gasteiger partial charge in [0.1, 0.15) is 5.56 Å². The molecule has 1 unspecified atom stereocenters. The van der Waals surface area contributed by atoms with E-state index in [4.69, 9.17) is 5.26 Å². The van der Waals surface area contributed by atoms with Gasteiger partial charge in [0, 0.05) is 46.8 Å². The molecule has 1 atom stereocenters. The Bertz CT molecular complexity index is 1560. The lowest BCUT2D eigenvalue weighted by molar-refractivity contribution is 0.0948. The van der Waals surface area contributed by atoms with E-state index in [1.165, 1.54) is 24.5 Å². The van der Waals surface area contributed by atoms with E-state index in [1.807, 2.05) is 4.57 Å². The summed E-state index contributed by atoms with van der Waals surface area (Å²) in [5, 5.41) is 11.5. The number of benzene rings is 2. The van der Waals surface area contributed by atoms with Crippen LogP contribution in [0.15, 0.2) is 68.8 Å². The molecule has 2 aromatic carbocycles. The molecule has 3 aromatic rings.